The third-order valence-corrected chi connectivity index (χ3v) is 4.28. The molecular weight excluding hydrogens is 318 g/mol. The van der Waals surface area contributed by atoms with Gasteiger partial charge in [-0.15, -0.1) is 0 Å². The van der Waals surface area contributed by atoms with Gasteiger partial charge < -0.3 is 14.0 Å². The third-order valence-electron chi connectivity index (χ3n) is 4.28. The zero-order valence-corrected chi connectivity index (χ0v) is 14.7. The Morgan fingerprint density at radius 1 is 0.920 bits per heavy atom. The number of hydrogen-bond acceptors (Lipinski definition) is 4. The maximum absolute atomic E-state index is 11.4. The van der Waals surface area contributed by atoms with Crippen LogP contribution in [0.5, 0.6) is 11.5 Å². The van der Waals surface area contributed by atoms with Gasteiger partial charge in [-0.1, -0.05) is 30.3 Å². The third kappa shape index (κ3) is 4.06. The first kappa shape index (κ1) is 17.2. The van der Waals surface area contributed by atoms with Gasteiger partial charge in [-0.2, -0.15) is 0 Å². The van der Waals surface area contributed by atoms with E-state index in [9.17, 15) is 9.59 Å². The molecule has 0 spiro atoms. The molecule has 0 N–H and O–H groups in total. The summed E-state index contributed by atoms with van der Waals surface area (Å²) in [6.07, 6.45) is 0. The normalized spacial score (nSPS) is 14.7. The molecule has 0 saturated carbocycles. The lowest BCUT2D eigenvalue weighted by Crippen LogP contribution is -2.37. The Kier molecular flexibility index (Phi) is 4.59. The lowest BCUT2D eigenvalue weighted by atomic mass is 10.1. The number of rotatable bonds is 4. The van der Waals surface area contributed by atoms with Crippen LogP contribution in [0.1, 0.15) is 30.5 Å². The molecule has 25 heavy (non-hydrogen) atoms. The summed E-state index contributed by atoms with van der Waals surface area (Å²) in [6, 6.07) is 14.0. The lowest BCUT2D eigenvalue weighted by Gasteiger charge is -2.29. The highest BCUT2D eigenvalue weighted by molar-refractivity contribution is 5.74. The Labute approximate surface area is 147 Å². The number of nitrogens with zero attached hydrogens (tertiary/aromatic N) is 1. The highest BCUT2D eigenvalue weighted by Crippen LogP contribution is 2.38. The first-order valence-corrected chi connectivity index (χ1v) is 8.25. The predicted molar refractivity (Wildman–Crippen MR) is 92.8 cm³/mol. The summed E-state index contributed by atoms with van der Waals surface area (Å²) in [5, 5.41) is 0. The number of benzene rings is 2. The molecule has 3 rings (SSSR count). The van der Waals surface area contributed by atoms with Gasteiger partial charge in [0.25, 0.3) is 0 Å². The number of quaternary nitrogens is 1. The summed E-state index contributed by atoms with van der Waals surface area (Å²) in [4.78, 5) is 22.7. The minimum atomic E-state index is -0.437. The molecule has 1 heterocycles. The van der Waals surface area contributed by atoms with Crippen molar-refractivity contribution in [3.63, 3.8) is 0 Å². The second kappa shape index (κ2) is 6.69. The molecule has 130 valence electrons. The average Bonchev–Trinajstić information content (AvgIpc) is 2.82. The molecule has 0 amide bonds. The van der Waals surface area contributed by atoms with Crippen molar-refractivity contribution in [2.75, 3.05) is 7.05 Å². The molecule has 2 aromatic rings. The molecular formula is C20H22NO4+. The van der Waals surface area contributed by atoms with Crippen molar-refractivity contribution in [3.8, 4) is 11.5 Å². The molecule has 1 aliphatic rings. The van der Waals surface area contributed by atoms with Gasteiger partial charge in [-0.25, -0.2) is 0 Å². The summed E-state index contributed by atoms with van der Waals surface area (Å²) in [5.41, 5.74) is 3.51. The number of hydrogen-bond donors (Lipinski definition) is 0. The monoisotopic (exact) mass is 340 g/mol. The molecule has 1 aliphatic heterocycles. The molecule has 0 aliphatic carbocycles. The SMILES string of the molecule is CC(=O)Oc1cc2c(cc1OC(C)=O)C[N+](C)(Cc1ccccc1)C2. The van der Waals surface area contributed by atoms with Crippen LogP contribution in [0, 0.1) is 0 Å². The van der Waals surface area contributed by atoms with Crippen molar-refractivity contribution in [1.29, 1.82) is 0 Å². The largest absolute Gasteiger partial charge is 0.423 e. The van der Waals surface area contributed by atoms with E-state index < -0.39 is 11.9 Å². The standard InChI is InChI=1S/C20H22NO4/c1-14(22)24-19-9-17-12-21(3,11-16-7-5-4-6-8-16)13-18(17)10-20(19)25-15(2)23/h4-10H,11-13H2,1-3H3/q+1. The molecule has 0 unspecified atom stereocenters. The fourth-order valence-electron chi connectivity index (χ4n) is 3.42. The van der Waals surface area contributed by atoms with E-state index in [2.05, 4.69) is 19.2 Å². The van der Waals surface area contributed by atoms with E-state index in [-0.39, 0.29) is 0 Å². The van der Waals surface area contributed by atoms with Crippen LogP contribution < -0.4 is 9.47 Å². The highest BCUT2D eigenvalue weighted by Gasteiger charge is 2.33. The summed E-state index contributed by atoms with van der Waals surface area (Å²) < 4.78 is 11.3. The molecule has 0 atom stereocenters. The van der Waals surface area contributed by atoms with Crippen LogP contribution >= 0.6 is 0 Å². The van der Waals surface area contributed by atoms with Crippen molar-refractivity contribution in [3.05, 3.63) is 59.2 Å². The molecule has 0 bridgehead atoms. The van der Waals surface area contributed by atoms with Crippen LogP contribution in [0.2, 0.25) is 0 Å². The minimum absolute atomic E-state index is 0.301. The van der Waals surface area contributed by atoms with E-state index in [4.69, 9.17) is 9.47 Å². The van der Waals surface area contributed by atoms with Gasteiger partial charge in [0.05, 0.1) is 7.05 Å². The van der Waals surface area contributed by atoms with Crippen LogP contribution in [0.15, 0.2) is 42.5 Å². The quantitative estimate of drug-likeness (QED) is 0.487. The summed E-state index contributed by atoms with van der Waals surface area (Å²) in [6.45, 7) is 5.24. The van der Waals surface area contributed by atoms with Crippen molar-refractivity contribution >= 4 is 11.9 Å². The molecule has 0 aromatic heterocycles. The number of ether oxygens (including phenoxy) is 2. The predicted octanol–water partition coefficient (Wildman–Crippen LogP) is 3.20. The van der Waals surface area contributed by atoms with Crippen LogP contribution in [-0.4, -0.2) is 23.5 Å². The Hall–Kier alpha value is -2.66. The molecule has 2 aromatic carbocycles. The van der Waals surface area contributed by atoms with E-state index in [1.807, 2.05) is 30.3 Å². The second-order valence-electron chi connectivity index (χ2n) is 6.83. The summed E-state index contributed by atoms with van der Waals surface area (Å²) in [5.74, 6) is -0.273. The molecule has 0 radical (unpaired) electrons. The molecule has 5 heteroatoms. The smallest absolute Gasteiger partial charge is 0.308 e. The number of carbonyl (C=O) groups excluding carboxylic acids is 2. The molecule has 0 saturated heterocycles. The lowest BCUT2D eigenvalue weighted by molar-refractivity contribution is -0.941. The zero-order chi connectivity index (χ0) is 18.0. The Bertz CT molecular complexity index is 769. The van der Waals surface area contributed by atoms with Gasteiger partial charge in [0.1, 0.15) is 19.6 Å². The average molecular weight is 340 g/mol. The first-order valence-electron chi connectivity index (χ1n) is 8.25. The van der Waals surface area contributed by atoms with Crippen LogP contribution in [0.25, 0.3) is 0 Å². The fourth-order valence-corrected chi connectivity index (χ4v) is 3.42. The molecule has 5 nitrogen and oxygen atoms in total. The van der Waals surface area contributed by atoms with Crippen molar-refractivity contribution in [2.45, 2.75) is 33.5 Å². The Balaban J connectivity index is 1.89. The summed E-state index contributed by atoms with van der Waals surface area (Å²) >= 11 is 0. The zero-order valence-electron chi connectivity index (χ0n) is 14.7. The van der Waals surface area contributed by atoms with Gasteiger partial charge >= 0.3 is 11.9 Å². The first-order chi connectivity index (χ1) is 11.8. The van der Waals surface area contributed by atoms with E-state index in [1.165, 1.54) is 19.4 Å². The topological polar surface area (TPSA) is 52.6 Å². The van der Waals surface area contributed by atoms with Crippen molar-refractivity contribution in [1.82, 2.24) is 0 Å². The van der Waals surface area contributed by atoms with Gasteiger partial charge in [0.15, 0.2) is 11.5 Å². The van der Waals surface area contributed by atoms with Gasteiger partial charge in [-0.05, 0) is 12.1 Å². The van der Waals surface area contributed by atoms with E-state index in [0.717, 1.165) is 35.2 Å². The van der Waals surface area contributed by atoms with Crippen LogP contribution in [0.4, 0.5) is 0 Å². The van der Waals surface area contributed by atoms with Gasteiger partial charge in [0, 0.05) is 30.5 Å². The van der Waals surface area contributed by atoms with Gasteiger partial charge in [-0.3, -0.25) is 9.59 Å². The Morgan fingerprint density at radius 3 is 1.84 bits per heavy atom. The fraction of sp³-hybridized carbons (Fsp3) is 0.300. The number of carbonyl (C=O) groups is 2. The van der Waals surface area contributed by atoms with Crippen molar-refractivity contribution < 1.29 is 23.5 Å². The Morgan fingerprint density at radius 2 is 1.40 bits per heavy atom. The van der Waals surface area contributed by atoms with E-state index in [0.29, 0.717) is 11.5 Å². The van der Waals surface area contributed by atoms with Crippen LogP contribution in [0.3, 0.4) is 0 Å². The van der Waals surface area contributed by atoms with E-state index >= 15 is 0 Å². The van der Waals surface area contributed by atoms with Crippen LogP contribution in [-0.2, 0) is 29.2 Å². The highest BCUT2D eigenvalue weighted by atomic mass is 16.6. The second-order valence-corrected chi connectivity index (χ2v) is 6.83. The summed E-state index contributed by atoms with van der Waals surface area (Å²) in [7, 11) is 2.20. The van der Waals surface area contributed by atoms with Crippen molar-refractivity contribution in [2.24, 2.45) is 0 Å². The number of fused-ring (bicyclic) bond motifs is 1. The molecule has 0 fully saturated rings. The van der Waals surface area contributed by atoms with E-state index in [1.54, 1.807) is 0 Å². The maximum atomic E-state index is 11.4. The minimum Gasteiger partial charge on any atom is -0.423 e. The van der Waals surface area contributed by atoms with Gasteiger partial charge in [0.2, 0.25) is 0 Å². The number of esters is 2. The maximum Gasteiger partial charge on any atom is 0.308 e.